The Morgan fingerprint density at radius 1 is 0.867 bits per heavy atom. The Kier molecular flexibility index (Phi) is 12.0. The van der Waals surface area contributed by atoms with Crippen LogP contribution in [0.25, 0.3) is 0 Å². The molecule has 0 fully saturated rings. The normalized spacial score (nSPS) is 11.9. The van der Waals surface area contributed by atoms with Gasteiger partial charge < -0.3 is 10.2 Å². The fraction of sp³-hybridized carbons (Fsp3) is 0.257. The molecule has 0 saturated heterocycles. The molecule has 0 aliphatic heterocycles. The number of carbonyl (C=O) groups is 2. The molecule has 4 aromatic carbocycles. The molecule has 10 heteroatoms. The molecule has 2 amide bonds. The minimum absolute atomic E-state index is 0.00394. The molecule has 0 aromatic heterocycles. The van der Waals surface area contributed by atoms with Crippen molar-refractivity contribution in [2.45, 2.75) is 50.6 Å². The van der Waals surface area contributed by atoms with Crippen molar-refractivity contribution in [3.05, 3.63) is 130 Å². The van der Waals surface area contributed by atoms with Gasteiger partial charge in [-0.1, -0.05) is 103 Å². The maximum Gasteiger partial charge on any atom is 0.264 e. The first kappa shape index (κ1) is 34.0. The molecular weight excluding hydrogens is 629 g/mol. The minimum atomic E-state index is -4.21. The molecule has 4 rings (SSSR count). The number of carbonyl (C=O) groups excluding carboxylic acids is 2. The molecule has 0 heterocycles. The number of anilines is 1. The molecule has 0 aliphatic carbocycles. The predicted molar refractivity (Wildman–Crippen MR) is 181 cm³/mol. The molecule has 45 heavy (non-hydrogen) atoms. The van der Waals surface area contributed by atoms with Crippen LogP contribution in [0.15, 0.2) is 108 Å². The second-order valence-corrected chi connectivity index (χ2v) is 13.4. The van der Waals surface area contributed by atoms with E-state index in [9.17, 15) is 18.0 Å². The lowest BCUT2D eigenvalue weighted by Crippen LogP contribution is -2.53. The number of benzene rings is 4. The maximum atomic E-state index is 14.5. The van der Waals surface area contributed by atoms with Crippen molar-refractivity contribution < 1.29 is 18.0 Å². The Balaban J connectivity index is 1.81. The lowest BCUT2D eigenvalue weighted by Gasteiger charge is -2.34. The van der Waals surface area contributed by atoms with Gasteiger partial charge in [0.05, 0.1) is 10.6 Å². The standard InChI is InChI=1S/C35H37Cl2N3O4S/c1-3-4-21-38-35(42)33(23-27-13-7-5-8-14-27)39(24-28-15-11-12-18-31(28)37)34(41)25-40(32-20-19-29(36)22-26(32)2)45(43,44)30-16-9-6-10-17-30/h5-20,22,33H,3-4,21,23-25H2,1-2H3,(H,38,42)/t33-/m0/s1. The van der Waals surface area contributed by atoms with E-state index in [2.05, 4.69) is 5.32 Å². The van der Waals surface area contributed by atoms with E-state index in [-0.39, 0.29) is 23.8 Å². The van der Waals surface area contributed by atoms with Crippen LogP contribution in [0.4, 0.5) is 5.69 Å². The van der Waals surface area contributed by atoms with Crippen LogP contribution in [0.1, 0.15) is 36.5 Å². The molecule has 0 radical (unpaired) electrons. The van der Waals surface area contributed by atoms with Gasteiger partial charge in [-0.15, -0.1) is 0 Å². The molecule has 0 bridgehead atoms. The van der Waals surface area contributed by atoms with Crippen LogP contribution < -0.4 is 9.62 Å². The average molecular weight is 667 g/mol. The van der Waals surface area contributed by atoms with Crippen LogP contribution in [0, 0.1) is 6.92 Å². The quantitative estimate of drug-likeness (QED) is 0.146. The summed E-state index contributed by atoms with van der Waals surface area (Å²) in [6, 6.07) is 28.3. The molecule has 7 nitrogen and oxygen atoms in total. The van der Waals surface area contributed by atoms with Crippen LogP contribution >= 0.6 is 23.2 Å². The van der Waals surface area contributed by atoms with Crippen LogP contribution in [-0.2, 0) is 32.6 Å². The van der Waals surface area contributed by atoms with Crippen molar-refractivity contribution in [3.8, 4) is 0 Å². The third kappa shape index (κ3) is 8.87. The molecule has 0 aliphatic rings. The summed E-state index contributed by atoms with van der Waals surface area (Å²) in [5, 5.41) is 3.85. The van der Waals surface area contributed by atoms with E-state index in [0.29, 0.717) is 33.4 Å². The highest BCUT2D eigenvalue weighted by Crippen LogP contribution is 2.30. The lowest BCUT2D eigenvalue weighted by molar-refractivity contribution is -0.140. The van der Waals surface area contributed by atoms with E-state index in [0.717, 1.165) is 22.7 Å². The zero-order chi connectivity index (χ0) is 32.4. The summed E-state index contributed by atoms with van der Waals surface area (Å²) in [6.07, 6.45) is 1.89. The van der Waals surface area contributed by atoms with Gasteiger partial charge in [0.25, 0.3) is 10.0 Å². The van der Waals surface area contributed by atoms with Gasteiger partial charge >= 0.3 is 0 Å². The largest absolute Gasteiger partial charge is 0.354 e. The smallest absolute Gasteiger partial charge is 0.264 e. The third-order valence-corrected chi connectivity index (χ3v) is 9.81. The monoisotopic (exact) mass is 665 g/mol. The van der Waals surface area contributed by atoms with Crippen molar-refractivity contribution in [1.82, 2.24) is 10.2 Å². The number of unbranched alkanes of at least 4 members (excludes halogenated alkanes) is 1. The van der Waals surface area contributed by atoms with E-state index in [1.54, 1.807) is 67.6 Å². The Bertz CT molecular complexity index is 1700. The topological polar surface area (TPSA) is 86.8 Å². The zero-order valence-corrected chi connectivity index (χ0v) is 27.7. The summed E-state index contributed by atoms with van der Waals surface area (Å²) in [5.74, 6) is -0.886. The number of hydrogen-bond acceptors (Lipinski definition) is 4. The average Bonchev–Trinajstić information content (AvgIpc) is 3.03. The van der Waals surface area contributed by atoms with Crippen LogP contribution in [0.3, 0.4) is 0 Å². The molecule has 236 valence electrons. The molecule has 4 aromatic rings. The fourth-order valence-electron chi connectivity index (χ4n) is 5.00. The van der Waals surface area contributed by atoms with Crippen LogP contribution in [-0.4, -0.2) is 44.3 Å². The molecule has 0 unspecified atom stereocenters. The van der Waals surface area contributed by atoms with Gasteiger partial charge in [-0.05, 0) is 66.4 Å². The first-order valence-electron chi connectivity index (χ1n) is 14.8. The van der Waals surface area contributed by atoms with E-state index >= 15 is 0 Å². The Hall–Kier alpha value is -3.85. The van der Waals surface area contributed by atoms with Gasteiger partial charge in [0, 0.05) is 29.6 Å². The van der Waals surface area contributed by atoms with E-state index in [4.69, 9.17) is 23.2 Å². The molecule has 0 saturated carbocycles. The van der Waals surface area contributed by atoms with Gasteiger partial charge in [-0.3, -0.25) is 13.9 Å². The maximum absolute atomic E-state index is 14.5. The number of halogens is 2. The van der Waals surface area contributed by atoms with Crippen molar-refractivity contribution in [2.24, 2.45) is 0 Å². The van der Waals surface area contributed by atoms with Gasteiger partial charge in [-0.25, -0.2) is 8.42 Å². The van der Waals surface area contributed by atoms with Crippen molar-refractivity contribution in [3.63, 3.8) is 0 Å². The third-order valence-electron chi connectivity index (χ3n) is 7.44. The van der Waals surface area contributed by atoms with Gasteiger partial charge in [0.15, 0.2) is 0 Å². The number of sulfonamides is 1. The number of aryl methyl sites for hydroxylation is 1. The first-order valence-corrected chi connectivity index (χ1v) is 17.0. The highest BCUT2D eigenvalue weighted by Gasteiger charge is 2.35. The van der Waals surface area contributed by atoms with E-state index in [1.807, 2.05) is 37.3 Å². The van der Waals surface area contributed by atoms with Crippen molar-refractivity contribution in [1.29, 1.82) is 0 Å². The second-order valence-electron chi connectivity index (χ2n) is 10.7. The molecule has 1 atom stereocenters. The SMILES string of the molecule is CCCCNC(=O)[C@H](Cc1ccccc1)N(Cc1ccccc1Cl)C(=O)CN(c1ccc(Cl)cc1C)S(=O)(=O)c1ccccc1. The fourth-order valence-corrected chi connectivity index (χ4v) is 6.92. The summed E-state index contributed by atoms with van der Waals surface area (Å²) in [6.45, 7) is 3.66. The summed E-state index contributed by atoms with van der Waals surface area (Å²) in [4.78, 5) is 29.8. The highest BCUT2D eigenvalue weighted by molar-refractivity contribution is 7.92. The number of nitrogens with zero attached hydrogens (tertiary/aromatic N) is 2. The van der Waals surface area contributed by atoms with Crippen LogP contribution in [0.5, 0.6) is 0 Å². The van der Waals surface area contributed by atoms with Crippen molar-refractivity contribution in [2.75, 3.05) is 17.4 Å². The van der Waals surface area contributed by atoms with E-state index in [1.165, 1.54) is 17.0 Å². The zero-order valence-electron chi connectivity index (χ0n) is 25.3. The van der Waals surface area contributed by atoms with Gasteiger partial charge in [0.2, 0.25) is 11.8 Å². The summed E-state index contributed by atoms with van der Waals surface area (Å²) in [5.41, 5.74) is 2.37. The number of rotatable bonds is 14. The van der Waals surface area contributed by atoms with Crippen molar-refractivity contribution >= 4 is 50.7 Å². The molecular formula is C35H37Cl2N3O4S. The summed E-state index contributed by atoms with van der Waals surface area (Å²) >= 11 is 12.8. The van der Waals surface area contributed by atoms with E-state index < -0.39 is 28.5 Å². The Labute approximate surface area is 275 Å². The Morgan fingerprint density at radius 3 is 2.16 bits per heavy atom. The summed E-state index contributed by atoms with van der Waals surface area (Å²) in [7, 11) is -4.21. The number of hydrogen-bond donors (Lipinski definition) is 1. The van der Waals surface area contributed by atoms with Gasteiger partial charge in [0.1, 0.15) is 12.6 Å². The van der Waals surface area contributed by atoms with Crippen LogP contribution in [0.2, 0.25) is 10.0 Å². The summed E-state index contributed by atoms with van der Waals surface area (Å²) < 4.78 is 29.4. The highest BCUT2D eigenvalue weighted by atomic mass is 35.5. The number of amides is 2. The molecule has 1 N–H and O–H groups in total. The minimum Gasteiger partial charge on any atom is -0.354 e. The first-order chi connectivity index (χ1) is 21.6. The Morgan fingerprint density at radius 2 is 1.51 bits per heavy atom. The second kappa shape index (κ2) is 15.9. The van der Waals surface area contributed by atoms with Gasteiger partial charge in [-0.2, -0.15) is 0 Å². The molecule has 0 spiro atoms. The number of nitrogens with one attached hydrogen (secondary N) is 1. The predicted octanol–water partition coefficient (Wildman–Crippen LogP) is 7.05. The lowest BCUT2D eigenvalue weighted by atomic mass is 10.0.